The number of carbonyl (C=O) groups is 1. The van der Waals surface area contributed by atoms with Crippen molar-refractivity contribution in [1.82, 2.24) is 15.4 Å². The highest BCUT2D eigenvalue weighted by molar-refractivity contribution is 7.99. The smallest absolute Gasteiger partial charge is 0.267 e. The van der Waals surface area contributed by atoms with Gasteiger partial charge >= 0.3 is 0 Å². The first-order chi connectivity index (χ1) is 20.4. The Labute approximate surface area is 243 Å². The van der Waals surface area contributed by atoms with E-state index in [1.54, 1.807) is 6.07 Å². The molecule has 0 aliphatic heterocycles. The Balaban J connectivity index is 1.47. The van der Waals surface area contributed by atoms with Gasteiger partial charge in [-0.05, 0) is 30.0 Å². The number of nitrogens with zero attached hydrogens (tertiary/aromatic N) is 5. The monoisotopic (exact) mass is 576 g/mol. The third kappa shape index (κ3) is 6.69. The highest BCUT2D eigenvalue weighted by Crippen LogP contribution is 2.33. The lowest BCUT2D eigenvalue weighted by molar-refractivity contribution is -0.385. The Morgan fingerprint density at radius 2 is 1.33 bits per heavy atom. The number of benzene rings is 4. The zero-order chi connectivity index (χ0) is 29.5. The van der Waals surface area contributed by atoms with Gasteiger partial charge in [0.1, 0.15) is 0 Å². The van der Waals surface area contributed by atoms with E-state index < -0.39 is 15.8 Å². The predicted molar refractivity (Wildman–Crippen MR) is 158 cm³/mol. The number of nitrogens with one attached hydrogen (secondary N) is 1. The maximum absolute atomic E-state index is 12.5. The van der Waals surface area contributed by atoms with E-state index in [1.165, 1.54) is 48.3 Å². The van der Waals surface area contributed by atoms with Crippen LogP contribution in [-0.4, -0.2) is 31.9 Å². The molecule has 1 heterocycles. The van der Waals surface area contributed by atoms with E-state index >= 15 is 0 Å². The molecule has 1 aromatic heterocycles. The van der Waals surface area contributed by atoms with E-state index in [4.69, 9.17) is 9.97 Å². The van der Waals surface area contributed by atoms with Crippen LogP contribution in [0.4, 0.5) is 11.4 Å². The second-order valence-electron chi connectivity index (χ2n) is 8.74. The quantitative estimate of drug-likeness (QED) is 0.0898. The summed E-state index contributed by atoms with van der Waals surface area (Å²) < 4.78 is 0. The van der Waals surface area contributed by atoms with E-state index in [0.29, 0.717) is 27.0 Å². The van der Waals surface area contributed by atoms with Gasteiger partial charge in [-0.25, -0.2) is 15.4 Å². The van der Waals surface area contributed by atoms with Gasteiger partial charge in [-0.1, -0.05) is 66.7 Å². The average molecular weight is 577 g/mol. The summed E-state index contributed by atoms with van der Waals surface area (Å²) in [5.41, 5.74) is 5.47. The van der Waals surface area contributed by atoms with Crippen LogP contribution >= 0.6 is 11.8 Å². The van der Waals surface area contributed by atoms with Gasteiger partial charge < -0.3 is 0 Å². The molecule has 5 rings (SSSR count). The van der Waals surface area contributed by atoms with Gasteiger partial charge in [0.2, 0.25) is 0 Å². The third-order valence-corrected chi connectivity index (χ3v) is 6.90. The number of hydrogen-bond donors (Lipinski definition) is 1. The van der Waals surface area contributed by atoms with E-state index in [2.05, 4.69) is 10.5 Å². The number of hydrogen-bond acceptors (Lipinski definition) is 9. The fraction of sp³-hybridized carbons (Fsp3) is 0. The summed E-state index contributed by atoms with van der Waals surface area (Å²) in [6.07, 6.45) is 1.27. The van der Waals surface area contributed by atoms with E-state index in [-0.39, 0.29) is 16.9 Å². The Morgan fingerprint density at radius 3 is 1.93 bits per heavy atom. The SMILES string of the molecule is O=C(N/N=C/c1cc([N+](=O)[O-])ccc1Sc1nc(-c2ccccc2)cc(-c2ccccc2)n1)c1cccc([N+](=O)[O-])c1. The van der Waals surface area contributed by atoms with Crippen molar-refractivity contribution in [2.75, 3.05) is 0 Å². The molecular formula is C30H20N6O5S. The van der Waals surface area contributed by atoms with Gasteiger partial charge in [0.15, 0.2) is 5.16 Å². The molecule has 12 heteroatoms. The first-order valence-electron chi connectivity index (χ1n) is 12.4. The minimum atomic E-state index is -0.680. The molecule has 0 unspecified atom stereocenters. The third-order valence-electron chi connectivity index (χ3n) is 5.94. The zero-order valence-electron chi connectivity index (χ0n) is 21.7. The number of amides is 1. The van der Waals surface area contributed by atoms with Gasteiger partial charge in [-0.2, -0.15) is 5.10 Å². The van der Waals surface area contributed by atoms with Crippen LogP contribution in [0.15, 0.2) is 124 Å². The zero-order valence-corrected chi connectivity index (χ0v) is 22.5. The number of carbonyl (C=O) groups excluding carboxylic acids is 1. The Kier molecular flexibility index (Phi) is 8.35. The molecule has 5 aromatic rings. The highest BCUT2D eigenvalue weighted by Gasteiger charge is 2.15. The molecule has 0 bridgehead atoms. The largest absolute Gasteiger partial charge is 0.271 e. The van der Waals surface area contributed by atoms with Crippen molar-refractivity contribution in [2.24, 2.45) is 5.10 Å². The van der Waals surface area contributed by atoms with Crippen molar-refractivity contribution in [2.45, 2.75) is 10.1 Å². The maximum Gasteiger partial charge on any atom is 0.271 e. The number of non-ortho nitro benzene ring substituents is 2. The molecule has 4 aromatic carbocycles. The van der Waals surface area contributed by atoms with Gasteiger partial charge in [-0.15, -0.1) is 0 Å². The first-order valence-corrected chi connectivity index (χ1v) is 13.2. The second-order valence-corrected chi connectivity index (χ2v) is 9.75. The molecule has 42 heavy (non-hydrogen) atoms. The predicted octanol–water partition coefficient (Wildman–Crippen LogP) is 6.54. The fourth-order valence-electron chi connectivity index (χ4n) is 3.91. The van der Waals surface area contributed by atoms with E-state index in [1.807, 2.05) is 66.7 Å². The molecule has 11 nitrogen and oxygen atoms in total. The van der Waals surface area contributed by atoms with Crippen LogP contribution in [0.25, 0.3) is 22.5 Å². The number of nitro benzene ring substituents is 2. The van der Waals surface area contributed by atoms with Crippen molar-refractivity contribution in [1.29, 1.82) is 0 Å². The summed E-state index contributed by atoms with van der Waals surface area (Å²) in [5, 5.41) is 26.9. The summed E-state index contributed by atoms with van der Waals surface area (Å²) in [5.74, 6) is -0.680. The van der Waals surface area contributed by atoms with E-state index in [9.17, 15) is 25.0 Å². The van der Waals surface area contributed by atoms with Crippen LogP contribution in [0.3, 0.4) is 0 Å². The van der Waals surface area contributed by atoms with Gasteiger partial charge in [-0.3, -0.25) is 25.0 Å². The minimum Gasteiger partial charge on any atom is -0.267 e. The fourth-order valence-corrected chi connectivity index (χ4v) is 4.76. The molecule has 0 saturated carbocycles. The molecule has 1 amide bonds. The lowest BCUT2D eigenvalue weighted by Crippen LogP contribution is -2.17. The summed E-state index contributed by atoms with van der Waals surface area (Å²) in [6, 6.07) is 30.6. The van der Waals surface area contributed by atoms with Gasteiger partial charge in [0, 0.05) is 51.4 Å². The topological polar surface area (TPSA) is 154 Å². The number of nitro groups is 2. The lowest BCUT2D eigenvalue weighted by atomic mass is 10.1. The summed E-state index contributed by atoms with van der Waals surface area (Å²) in [7, 11) is 0. The van der Waals surface area contributed by atoms with Crippen molar-refractivity contribution in [3.63, 3.8) is 0 Å². The van der Waals surface area contributed by atoms with Crippen molar-refractivity contribution in [3.8, 4) is 22.5 Å². The number of aromatic nitrogens is 2. The van der Waals surface area contributed by atoms with Crippen LogP contribution < -0.4 is 5.43 Å². The number of hydrazone groups is 1. The van der Waals surface area contributed by atoms with Crippen LogP contribution in [0.2, 0.25) is 0 Å². The standard InChI is InChI=1S/C30H20N6O5S/c37-29(22-12-7-13-24(16-22)35(38)39)34-31-19-23-17-25(36(40)41)14-15-28(23)42-30-32-26(20-8-3-1-4-9-20)18-27(33-30)21-10-5-2-6-11-21/h1-19H,(H,34,37)/b31-19+. The molecule has 0 saturated heterocycles. The molecule has 0 aliphatic carbocycles. The lowest BCUT2D eigenvalue weighted by Gasteiger charge is -2.10. The number of rotatable bonds is 9. The van der Waals surface area contributed by atoms with Crippen molar-refractivity contribution < 1.29 is 14.6 Å². The maximum atomic E-state index is 12.5. The average Bonchev–Trinajstić information content (AvgIpc) is 3.02. The summed E-state index contributed by atoms with van der Waals surface area (Å²) in [6.45, 7) is 0. The van der Waals surface area contributed by atoms with Crippen molar-refractivity contribution in [3.05, 3.63) is 141 Å². The van der Waals surface area contributed by atoms with Gasteiger partial charge in [0.05, 0.1) is 27.4 Å². The molecule has 206 valence electrons. The van der Waals surface area contributed by atoms with E-state index in [0.717, 1.165) is 17.2 Å². The summed E-state index contributed by atoms with van der Waals surface area (Å²) >= 11 is 1.19. The first kappa shape index (κ1) is 27.8. The Hall–Kier alpha value is -5.75. The Morgan fingerprint density at radius 1 is 0.738 bits per heavy atom. The molecule has 0 fully saturated rings. The van der Waals surface area contributed by atoms with Crippen molar-refractivity contribution >= 4 is 35.3 Å². The van der Waals surface area contributed by atoms with Crippen LogP contribution in [0.1, 0.15) is 15.9 Å². The molecule has 0 radical (unpaired) electrons. The van der Waals surface area contributed by atoms with Crippen LogP contribution in [-0.2, 0) is 0 Å². The molecule has 0 aliphatic rings. The molecular weight excluding hydrogens is 556 g/mol. The molecule has 1 N–H and O–H groups in total. The second kappa shape index (κ2) is 12.6. The minimum absolute atomic E-state index is 0.0366. The Bertz CT molecular complexity index is 1760. The molecule has 0 atom stereocenters. The van der Waals surface area contributed by atoms with Gasteiger partial charge in [0.25, 0.3) is 17.3 Å². The highest BCUT2D eigenvalue weighted by atomic mass is 32.2. The summed E-state index contributed by atoms with van der Waals surface area (Å²) in [4.78, 5) is 43.9. The van der Waals surface area contributed by atoms with Crippen LogP contribution in [0, 0.1) is 20.2 Å². The van der Waals surface area contributed by atoms with Crippen LogP contribution in [0.5, 0.6) is 0 Å². The molecule has 0 spiro atoms. The normalized spacial score (nSPS) is 10.9.